The van der Waals surface area contributed by atoms with E-state index in [4.69, 9.17) is 0 Å². The van der Waals surface area contributed by atoms with E-state index in [1.165, 1.54) is 0 Å². The highest BCUT2D eigenvalue weighted by Gasteiger charge is 2.29. The summed E-state index contributed by atoms with van der Waals surface area (Å²) in [5.74, 6) is 0.186. The molecule has 0 radical (unpaired) electrons. The standard InChI is InChI=1S/C11H20N2O2/c1-4-8(2)13(3)10(14)7-12-11(15)9-5-6-9/h8-9H,4-7H2,1-3H3,(H,12,15)/t8-/m0/s1. The number of nitrogens with zero attached hydrogens (tertiary/aromatic N) is 1. The van der Waals surface area contributed by atoms with Crippen LogP contribution in [0.15, 0.2) is 0 Å². The van der Waals surface area contributed by atoms with Crippen LogP contribution in [0.5, 0.6) is 0 Å². The first-order chi connectivity index (χ1) is 7.06. The minimum absolute atomic E-state index is 0.0154. The second kappa shape index (κ2) is 5.14. The molecule has 0 spiro atoms. The smallest absolute Gasteiger partial charge is 0.241 e. The first-order valence-corrected chi connectivity index (χ1v) is 5.59. The Bertz CT molecular complexity index is 249. The van der Waals surface area contributed by atoms with Crippen LogP contribution < -0.4 is 5.32 Å². The number of carbonyl (C=O) groups is 2. The molecule has 1 rings (SSSR count). The summed E-state index contributed by atoms with van der Waals surface area (Å²) in [4.78, 5) is 24.6. The molecule has 0 unspecified atom stereocenters. The highest BCUT2D eigenvalue weighted by atomic mass is 16.2. The third kappa shape index (κ3) is 3.53. The zero-order valence-electron chi connectivity index (χ0n) is 9.75. The summed E-state index contributed by atoms with van der Waals surface area (Å²) in [5, 5.41) is 2.67. The number of carbonyl (C=O) groups excluding carboxylic acids is 2. The number of rotatable bonds is 5. The van der Waals surface area contributed by atoms with Gasteiger partial charge in [0.25, 0.3) is 0 Å². The molecule has 0 aromatic heterocycles. The number of hydrogen-bond donors (Lipinski definition) is 1. The summed E-state index contributed by atoms with van der Waals surface area (Å²) in [5.41, 5.74) is 0. The van der Waals surface area contributed by atoms with Crippen molar-refractivity contribution in [3.8, 4) is 0 Å². The van der Waals surface area contributed by atoms with E-state index in [9.17, 15) is 9.59 Å². The predicted molar refractivity (Wildman–Crippen MR) is 58.3 cm³/mol. The quantitative estimate of drug-likeness (QED) is 0.731. The lowest BCUT2D eigenvalue weighted by Gasteiger charge is -2.23. The molecule has 2 amide bonds. The fourth-order valence-corrected chi connectivity index (χ4v) is 1.30. The van der Waals surface area contributed by atoms with E-state index in [1.807, 2.05) is 13.8 Å². The van der Waals surface area contributed by atoms with E-state index in [-0.39, 0.29) is 30.3 Å². The normalized spacial score (nSPS) is 17.0. The Labute approximate surface area is 91.0 Å². The van der Waals surface area contributed by atoms with Crippen LogP contribution in [0.3, 0.4) is 0 Å². The summed E-state index contributed by atoms with van der Waals surface area (Å²) in [7, 11) is 1.78. The Kier molecular flexibility index (Phi) is 4.12. The van der Waals surface area contributed by atoms with Crippen LogP contribution in [0.4, 0.5) is 0 Å². The van der Waals surface area contributed by atoms with Gasteiger partial charge in [-0.15, -0.1) is 0 Å². The molecule has 1 N–H and O–H groups in total. The molecule has 0 bridgehead atoms. The highest BCUT2D eigenvalue weighted by Crippen LogP contribution is 2.28. The molecule has 4 heteroatoms. The summed E-state index contributed by atoms with van der Waals surface area (Å²) in [6.07, 6.45) is 2.88. The number of likely N-dealkylation sites (N-methyl/N-ethyl adjacent to an activating group) is 1. The molecule has 4 nitrogen and oxygen atoms in total. The Balaban J connectivity index is 2.25. The van der Waals surface area contributed by atoms with E-state index >= 15 is 0 Å². The van der Waals surface area contributed by atoms with Crippen molar-refractivity contribution >= 4 is 11.8 Å². The maximum atomic E-state index is 11.6. The number of hydrogen-bond acceptors (Lipinski definition) is 2. The van der Waals surface area contributed by atoms with Crippen molar-refractivity contribution in [2.75, 3.05) is 13.6 Å². The van der Waals surface area contributed by atoms with Crippen molar-refractivity contribution < 1.29 is 9.59 Å². The minimum Gasteiger partial charge on any atom is -0.347 e. The van der Waals surface area contributed by atoms with E-state index in [1.54, 1.807) is 11.9 Å². The molecular formula is C11H20N2O2. The molecule has 0 heterocycles. The van der Waals surface area contributed by atoms with Crippen LogP contribution >= 0.6 is 0 Å². The van der Waals surface area contributed by atoms with Crippen LogP contribution in [0, 0.1) is 5.92 Å². The maximum absolute atomic E-state index is 11.6. The van der Waals surface area contributed by atoms with Crippen molar-refractivity contribution in [3.63, 3.8) is 0 Å². The van der Waals surface area contributed by atoms with Gasteiger partial charge in [-0.1, -0.05) is 6.92 Å². The van der Waals surface area contributed by atoms with Crippen LogP contribution in [-0.4, -0.2) is 36.3 Å². The first-order valence-electron chi connectivity index (χ1n) is 5.59. The first kappa shape index (κ1) is 12.0. The lowest BCUT2D eigenvalue weighted by atomic mass is 10.2. The molecule has 15 heavy (non-hydrogen) atoms. The monoisotopic (exact) mass is 212 g/mol. The zero-order valence-corrected chi connectivity index (χ0v) is 9.75. The molecular weight excluding hydrogens is 192 g/mol. The fraction of sp³-hybridized carbons (Fsp3) is 0.818. The van der Waals surface area contributed by atoms with Crippen molar-refractivity contribution in [3.05, 3.63) is 0 Å². The van der Waals surface area contributed by atoms with Gasteiger partial charge in [-0.25, -0.2) is 0 Å². The van der Waals surface area contributed by atoms with Crippen molar-refractivity contribution in [1.29, 1.82) is 0 Å². The molecule has 86 valence electrons. The summed E-state index contributed by atoms with van der Waals surface area (Å²) in [6, 6.07) is 0.232. The molecule has 1 saturated carbocycles. The van der Waals surface area contributed by atoms with Crippen molar-refractivity contribution in [1.82, 2.24) is 10.2 Å². The number of nitrogens with one attached hydrogen (secondary N) is 1. The van der Waals surface area contributed by atoms with Gasteiger partial charge in [0.15, 0.2) is 0 Å². The van der Waals surface area contributed by atoms with Gasteiger partial charge in [0.05, 0.1) is 6.54 Å². The molecule has 1 atom stereocenters. The molecule has 0 aromatic rings. The Morgan fingerprint density at radius 1 is 1.47 bits per heavy atom. The third-order valence-corrected chi connectivity index (χ3v) is 3.01. The largest absolute Gasteiger partial charge is 0.347 e. The van der Waals surface area contributed by atoms with Gasteiger partial charge in [-0.2, -0.15) is 0 Å². The minimum atomic E-state index is -0.0154. The molecule has 0 saturated heterocycles. The van der Waals surface area contributed by atoms with Crippen LogP contribution in [0.2, 0.25) is 0 Å². The van der Waals surface area contributed by atoms with Crippen LogP contribution in [0.25, 0.3) is 0 Å². The molecule has 0 aliphatic heterocycles. The maximum Gasteiger partial charge on any atom is 0.241 e. The third-order valence-electron chi connectivity index (χ3n) is 3.01. The highest BCUT2D eigenvalue weighted by molar-refractivity contribution is 5.86. The molecule has 0 aromatic carbocycles. The van der Waals surface area contributed by atoms with Gasteiger partial charge in [0.1, 0.15) is 0 Å². The lowest BCUT2D eigenvalue weighted by molar-refractivity contribution is -0.133. The zero-order chi connectivity index (χ0) is 11.4. The van der Waals surface area contributed by atoms with Gasteiger partial charge in [-0.3, -0.25) is 9.59 Å². The Morgan fingerprint density at radius 3 is 2.53 bits per heavy atom. The number of amides is 2. The van der Waals surface area contributed by atoms with E-state index in [0.717, 1.165) is 19.3 Å². The molecule has 1 aliphatic carbocycles. The van der Waals surface area contributed by atoms with Crippen LogP contribution in [0.1, 0.15) is 33.1 Å². The average molecular weight is 212 g/mol. The van der Waals surface area contributed by atoms with Gasteiger partial charge < -0.3 is 10.2 Å². The summed E-state index contributed by atoms with van der Waals surface area (Å²) < 4.78 is 0. The lowest BCUT2D eigenvalue weighted by Crippen LogP contribution is -2.42. The second-order valence-electron chi connectivity index (χ2n) is 4.25. The van der Waals surface area contributed by atoms with Crippen molar-refractivity contribution in [2.45, 2.75) is 39.2 Å². The molecule has 1 aliphatic rings. The molecule has 1 fully saturated rings. The Hall–Kier alpha value is -1.06. The van der Waals surface area contributed by atoms with Crippen molar-refractivity contribution in [2.24, 2.45) is 5.92 Å². The topological polar surface area (TPSA) is 49.4 Å². The predicted octanol–water partition coefficient (Wildman–Crippen LogP) is 0.769. The average Bonchev–Trinajstić information content (AvgIpc) is 3.06. The van der Waals surface area contributed by atoms with E-state index < -0.39 is 0 Å². The van der Waals surface area contributed by atoms with Gasteiger partial charge in [-0.05, 0) is 26.2 Å². The summed E-state index contributed by atoms with van der Waals surface area (Å²) >= 11 is 0. The summed E-state index contributed by atoms with van der Waals surface area (Å²) in [6.45, 7) is 4.17. The van der Waals surface area contributed by atoms with Gasteiger partial charge in [0, 0.05) is 19.0 Å². The van der Waals surface area contributed by atoms with E-state index in [2.05, 4.69) is 5.32 Å². The fourth-order valence-electron chi connectivity index (χ4n) is 1.30. The van der Waals surface area contributed by atoms with Crippen LogP contribution in [-0.2, 0) is 9.59 Å². The SMILES string of the molecule is CC[C@H](C)N(C)C(=O)CNC(=O)C1CC1. The second-order valence-corrected chi connectivity index (χ2v) is 4.25. The Morgan fingerprint density at radius 2 is 2.07 bits per heavy atom. The van der Waals surface area contributed by atoms with Gasteiger partial charge in [0.2, 0.25) is 11.8 Å². The van der Waals surface area contributed by atoms with Gasteiger partial charge >= 0.3 is 0 Å². The van der Waals surface area contributed by atoms with E-state index in [0.29, 0.717) is 0 Å².